The van der Waals surface area contributed by atoms with E-state index in [0.717, 1.165) is 17.5 Å². The summed E-state index contributed by atoms with van der Waals surface area (Å²) in [5.74, 6) is -0.101. The Kier molecular flexibility index (Phi) is 6.65. The Morgan fingerprint density at radius 3 is 2.37 bits per heavy atom. The second-order valence-corrected chi connectivity index (χ2v) is 8.79. The van der Waals surface area contributed by atoms with Crippen LogP contribution in [0, 0.1) is 6.92 Å². The molecule has 0 heterocycles. The van der Waals surface area contributed by atoms with E-state index in [0.29, 0.717) is 11.3 Å². The van der Waals surface area contributed by atoms with Crippen molar-refractivity contribution in [2.75, 3.05) is 4.72 Å². The minimum Gasteiger partial charge on any atom is -0.350 e. The van der Waals surface area contributed by atoms with Gasteiger partial charge >= 0.3 is 0 Å². The number of para-hydroxylation sites is 1. The molecule has 0 saturated heterocycles. The molecule has 0 bridgehead atoms. The van der Waals surface area contributed by atoms with E-state index in [9.17, 15) is 13.2 Å². The van der Waals surface area contributed by atoms with Crippen molar-refractivity contribution in [2.45, 2.75) is 57.9 Å². The number of carbonyl (C=O) groups is 1. The molecule has 146 valence electrons. The monoisotopic (exact) mass is 388 g/mol. The fourth-order valence-corrected chi connectivity index (χ4v) is 3.92. The van der Waals surface area contributed by atoms with Crippen molar-refractivity contribution in [3.63, 3.8) is 0 Å². The molecule has 0 aromatic heterocycles. The first-order valence-corrected chi connectivity index (χ1v) is 10.7. The molecule has 1 unspecified atom stereocenters. The summed E-state index contributed by atoms with van der Waals surface area (Å²) in [6.45, 7) is 9.80. The molecule has 5 nitrogen and oxygen atoms in total. The Balaban J connectivity index is 2.36. The first-order valence-electron chi connectivity index (χ1n) is 9.19. The van der Waals surface area contributed by atoms with Gasteiger partial charge in [-0.05, 0) is 55.5 Å². The molecular formula is C21H28N2O3S. The quantitative estimate of drug-likeness (QED) is 0.736. The molecule has 2 aromatic carbocycles. The molecule has 27 heavy (non-hydrogen) atoms. The van der Waals surface area contributed by atoms with Gasteiger partial charge in [0.05, 0.1) is 10.6 Å². The Bertz CT molecular complexity index is 921. The van der Waals surface area contributed by atoms with Crippen LogP contribution in [0.2, 0.25) is 0 Å². The van der Waals surface area contributed by atoms with Crippen molar-refractivity contribution in [3.8, 4) is 0 Å². The Labute approximate surface area is 162 Å². The lowest BCUT2D eigenvalue weighted by molar-refractivity contribution is 0.0939. The van der Waals surface area contributed by atoms with Gasteiger partial charge in [0.15, 0.2) is 0 Å². The third kappa shape index (κ3) is 5.10. The van der Waals surface area contributed by atoms with Crippen LogP contribution in [0.4, 0.5) is 5.69 Å². The Morgan fingerprint density at radius 2 is 1.74 bits per heavy atom. The minimum absolute atomic E-state index is 0.0245. The standard InChI is InChI=1S/C21H28N2O3S/c1-6-16(5)22-21(24)17-10-8-11-18(13-17)27(25,26)23-20-15(4)9-7-12-19(20)14(2)3/h7-14,16,23H,6H2,1-5H3,(H,22,24). The van der Waals surface area contributed by atoms with E-state index in [2.05, 4.69) is 10.0 Å². The topological polar surface area (TPSA) is 75.3 Å². The highest BCUT2D eigenvalue weighted by atomic mass is 32.2. The predicted octanol–water partition coefficient (Wildman–Crippen LogP) is 4.45. The Hall–Kier alpha value is -2.34. The fourth-order valence-electron chi connectivity index (χ4n) is 2.72. The number of nitrogens with one attached hydrogen (secondary N) is 2. The normalized spacial score (nSPS) is 12.7. The zero-order valence-electron chi connectivity index (χ0n) is 16.5. The van der Waals surface area contributed by atoms with E-state index in [1.165, 1.54) is 12.1 Å². The molecule has 1 atom stereocenters. The van der Waals surface area contributed by atoms with Crippen LogP contribution < -0.4 is 10.0 Å². The number of anilines is 1. The highest BCUT2D eigenvalue weighted by Gasteiger charge is 2.20. The zero-order valence-corrected chi connectivity index (χ0v) is 17.4. The number of aryl methyl sites for hydroxylation is 1. The van der Waals surface area contributed by atoms with Crippen LogP contribution in [-0.4, -0.2) is 20.4 Å². The van der Waals surface area contributed by atoms with Gasteiger partial charge in [0, 0.05) is 11.6 Å². The highest BCUT2D eigenvalue weighted by molar-refractivity contribution is 7.92. The van der Waals surface area contributed by atoms with Gasteiger partial charge in [-0.1, -0.05) is 45.0 Å². The maximum absolute atomic E-state index is 12.9. The van der Waals surface area contributed by atoms with E-state index in [4.69, 9.17) is 0 Å². The molecule has 2 rings (SSSR count). The molecule has 6 heteroatoms. The summed E-state index contributed by atoms with van der Waals surface area (Å²) in [6, 6.07) is 11.8. The average Bonchev–Trinajstić information content (AvgIpc) is 2.63. The molecule has 0 spiro atoms. The van der Waals surface area contributed by atoms with Crippen LogP contribution in [0.15, 0.2) is 47.4 Å². The Morgan fingerprint density at radius 1 is 1.07 bits per heavy atom. The van der Waals surface area contributed by atoms with Crippen molar-refractivity contribution in [1.82, 2.24) is 5.32 Å². The molecule has 0 radical (unpaired) electrons. The smallest absolute Gasteiger partial charge is 0.261 e. The molecule has 0 aliphatic rings. The molecule has 0 fully saturated rings. The summed E-state index contributed by atoms with van der Waals surface area (Å²) >= 11 is 0. The fraction of sp³-hybridized carbons (Fsp3) is 0.381. The lowest BCUT2D eigenvalue weighted by Crippen LogP contribution is -2.32. The van der Waals surface area contributed by atoms with Gasteiger partial charge in [-0.15, -0.1) is 0 Å². The van der Waals surface area contributed by atoms with Gasteiger partial charge in [0.1, 0.15) is 0 Å². The second kappa shape index (κ2) is 8.57. The third-order valence-electron chi connectivity index (χ3n) is 4.56. The first kappa shape index (κ1) is 21.0. The van der Waals surface area contributed by atoms with Gasteiger partial charge in [0.2, 0.25) is 0 Å². The van der Waals surface area contributed by atoms with E-state index < -0.39 is 10.0 Å². The summed E-state index contributed by atoms with van der Waals surface area (Å²) in [5, 5.41) is 2.85. The number of benzene rings is 2. The van der Waals surface area contributed by atoms with Crippen LogP contribution in [0.3, 0.4) is 0 Å². The van der Waals surface area contributed by atoms with Gasteiger partial charge in [-0.25, -0.2) is 8.42 Å². The summed E-state index contributed by atoms with van der Waals surface area (Å²) in [7, 11) is -3.81. The summed E-state index contributed by atoms with van der Waals surface area (Å²) in [5.41, 5.74) is 2.72. The van der Waals surface area contributed by atoms with E-state index in [1.807, 2.05) is 52.8 Å². The minimum atomic E-state index is -3.81. The van der Waals surface area contributed by atoms with Crippen LogP contribution >= 0.6 is 0 Å². The van der Waals surface area contributed by atoms with Crippen molar-refractivity contribution < 1.29 is 13.2 Å². The van der Waals surface area contributed by atoms with Gasteiger partial charge in [-0.2, -0.15) is 0 Å². The van der Waals surface area contributed by atoms with Crippen molar-refractivity contribution in [3.05, 3.63) is 59.2 Å². The van der Waals surface area contributed by atoms with Gasteiger partial charge in [-0.3, -0.25) is 9.52 Å². The van der Waals surface area contributed by atoms with Crippen LogP contribution in [0.1, 0.15) is 61.5 Å². The van der Waals surface area contributed by atoms with E-state index in [1.54, 1.807) is 12.1 Å². The largest absolute Gasteiger partial charge is 0.350 e. The maximum Gasteiger partial charge on any atom is 0.261 e. The first-order chi connectivity index (χ1) is 12.7. The summed E-state index contributed by atoms with van der Waals surface area (Å²) in [6.07, 6.45) is 0.802. The lowest BCUT2D eigenvalue weighted by atomic mass is 9.99. The van der Waals surface area contributed by atoms with Gasteiger partial charge < -0.3 is 5.32 Å². The third-order valence-corrected chi connectivity index (χ3v) is 5.91. The number of sulfonamides is 1. The maximum atomic E-state index is 12.9. The lowest BCUT2D eigenvalue weighted by Gasteiger charge is -2.18. The van der Waals surface area contributed by atoms with Crippen molar-refractivity contribution in [2.24, 2.45) is 0 Å². The van der Waals surface area contributed by atoms with E-state index >= 15 is 0 Å². The molecule has 0 aliphatic heterocycles. The zero-order chi connectivity index (χ0) is 20.2. The number of hydrogen-bond acceptors (Lipinski definition) is 3. The predicted molar refractivity (Wildman–Crippen MR) is 110 cm³/mol. The second-order valence-electron chi connectivity index (χ2n) is 7.11. The number of rotatable bonds is 7. The number of carbonyl (C=O) groups excluding carboxylic acids is 1. The molecule has 2 aromatic rings. The SMILES string of the molecule is CCC(C)NC(=O)c1cccc(S(=O)(=O)Nc2c(C)cccc2C(C)C)c1. The average molecular weight is 389 g/mol. The van der Waals surface area contributed by atoms with Gasteiger partial charge in [0.25, 0.3) is 15.9 Å². The number of hydrogen-bond donors (Lipinski definition) is 2. The molecule has 1 amide bonds. The molecule has 0 saturated carbocycles. The molecule has 2 N–H and O–H groups in total. The molecule has 0 aliphatic carbocycles. The molecular weight excluding hydrogens is 360 g/mol. The van der Waals surface area contributed by atoms with Crippen molar-refractivity contribution in [1.29, 1.82) is 0 Å². The van der Waals surface area contributed by atoms with Crippen LogP contribution in [0.5, 0.6) is 0 Å². The summed E-state index contributed by atoms with van der Waals surface area (Å²) < 4.78 is 28.6. The number of amides is 1. The van der Waals surface area contributed by atoms with Crippen molar-refractivity contribution >= 4 is 21.6 Å². The van der Waals surface area contributed by atoms with Crippen LogP contribution in [-0.2, 0) is 10.0 Å². The van der Waals surface area contributed by atoms with E-state index in [-0.39, 0.29) is 22.8 Å². The summed E-state index contributed by atoms with van der Waals surface area (Å²) in [4.78, 5) is 12.4. The highest BCUT2D eigenvalue weighted by Crippen LogP contribution is 2.29. The van der Waals surface area contributed by atoms with Crippen LogP contribution in [0.25, 0.3) is 0 Å².